The third kappa shape index (κ3) is 6.75. The topological polar surface area (TPSA) is 55.4 Å². The minimum Gasteiger partial charge on any atom is -0.425 e. The molecule has 0 saturated heterocycles. The molecule has 0 heterocycles. The number of ether oxygens (including phenoxy) is 1. The lowest BCUT2D eigenvalue weighted by Gasteiger charge is -2.16. The summed E-state index contributed by atoms with van der Waals surface area (Å²) in [6.07, 6.45) is 0.896. The number of amides is 1. The predicted octanol–water partition coefficient (Wildman–Crippen LogP) is 8.07. The summed E-state index contributed by atoms with van der Waals surface area (Å²) in [4.78, 5) is 26.3. The van der Waals surface area contributed by atoms with E-state index in [0.29, 0.717) is 23.6 Å². The van der Waals surface area contributed by atoms with Crippen molar-refractivity contribution < 1.29 is 31.9 Å². The van der Waals surface area contributed by atoms with Crippen molar-refractivity contribution in [3.05, 3.63) is 119 Å². The van der Waals surface area contributed by atoms with Gasteiger partial charge in [0.1, 0.15) is 29.0 Å². The van der Waals surface area contributed by atoms with Crippen LogP contribution in [0.2, 0.25) is 0 Å². The Bertz CT molecular complexity index is 1550. The van der Waals surface area contributed by atoms with E-state index < -0.39 is 41.1 Å². The molecule has 4 rings (SSSR count). The standard InChI is InChI=1S/C32H27F4NO3/c1-18(2)14-20-4-6-21(7-5-20)19(3)32(39)40-30-13-8-22(25-11-9-23(33)16-27(25)35)15-26(30)31(38)37-29-12-10-24(34)17-28(29)36/h4-13,15-19H,14H2,1-3H3,(H,37,38). The van der Waals surface area contributed by atoms with Gasteiger partial charge in [0, 0.05) is 17.7 Å². The van der Waals surface area contributed by atoms with Crippen molar-refractivity contribution in [2.24, 2.45) is 5.92 Å². The molecule has 4 aromatic rings. The van der Waals surface area contributed by atoms with E-state index in [4.69, 9.17) is 4.74 Å². The van der Waals surface area contributed by atoms with Crippen LogP contribution in [-0.2, 0) is 11.2 Å². The Morgan fingerprint density at radius 3 is 2.05 bits per heavy atom. The van der Waals surface area contributed by atoms with E-state index in [1.165, 1.54) is 24.3 Å². The first-order valence-corrected chi connectivity index (χ1v) is 12.7. The zero-order valence-electron chi connectivity index (χ0n) is 22.1. The van der Waals surface area contributed by atoms with Gasteiger partial charge in [-0.15, -0.1) is 0 Å². The van der Waals surface area contributed by atoms with Crippen molar-refractivity contribution in [1.29, 1.82) is 0 Å². The lowest BCUT2D eigenvalue weighted by molar-refractivity contribution is -0.135. The summed E-state index contributed by atoms with van der Waals surface area (Å²) in [6, 6.07) is 17.1. The summed E-state index contributed by atoms with van der Waals surface area (Å²) in [5.41, 5.74) is 1.51. The molecule has 0 spiro atoms. The highest BCUT2D eigenvalue weighted by Crippen LogP contribution is 2.31. The molecule has 1 unspecified atom stereocenters. The largest absolute Gasteiger partial charge is 0.425 e. The van der Waals surface area contributed by atoms with Gasteiger partial charge in [0.05, 0.1) is 17.2 Å². The van der Waals surface area contributed by atoms with E-state index in [1.807, 2.05) is 24.3 Å². The molecule has 1 N–H and O–H groups in total. The van der Waals surface area contributed by atoms with Crippen molar-refractivity contribution in [1.82, 2.24) is 0 Å². The monoisotopic (exact) mass is 549 g/mol. The Balaban J connectivity index is 1.65. The van der Waals surface area contributed by atoms with E-state index in [9.17, 15) is 27.2 Å². The van der Waals surface area contributed by atoms with Gasteiger partial charge in [0.25, 0.3) is 5.91 Å². The fourth-order valence-corrected chi connectivity index (χ4v) is 4.21. The second-order valence-corrected chi connectivity index (χ2v) is 9.90. The van der Waals surface area contributed by atoms with Crippen LogP contribution in [0, 0.1) is 29.2 Å². The first-order valence-electron chi connectivity index (χ1n) is 12.7. The first kappa shape index (κ1) is 28.5. The smallest absolute Gasteiger partial charge is 0.318 e. The van der Waals surface area contributed by atoms with Crippen LogP contribution in [0.1, 0.15) is 48.2 Å². The van der Waals surface area contributed by atoms with Crippen LogP contribution in [0.3, 0.4) is 0 Å². The second-order valence-electron chi connectivity index (χ2n) is 9.90. The number of esters is 1. The van der Waals surface area contributed by atoms with Gasteiger partial charge in [-0.2, -0.15) is 0 Å². The fourth-order valence-electron chi connectivity index (χ4n) is 4.21. The number of rotatable bonds is 8. The number of anilines is 1. The van der Waals surface area contributed by atoms with E-state index in [1.54, 1.807) is 6.92 Å². The molecule has 8 heteroatoms. The zero-order valence-corrected chi connectivity index (χ0v) is 22.1. The molecular formula is C32H27F4NO3. The molecule has 0 aliphatic heterocycles. The zero-order chi connectivity index (χ0) is 29.0. The Hall–Kier alpha value is -4.46. The van der Waals surface area contributed by atoms with Crippen LogP contribution >= 0.6 is 0 Å². The van der Waals surface area contributed by atoms with Crippen molar-refractivity contribution in [3.8, 4) is 16.9 Å². The van der Waals surface area contributed by atoms with Crippen LogP contribution < -0.4 is 10.1 Å². The number of carbonyl (C=O) groups excluding carboxylic acids is 2. The minimum atomic E-state index is -1.01. The quantitative estimate of drug-likeness (QED) is 0.137. The SMILES string of the molecule is CC(C)Cc1ccc(C(C)C(=O)Oc2ccc(-c3ccc(F)cc3F)cc2C(=O)Nc2ccc(F)cc2F)cc1. The van der Waals surface area contributed by atoms with Gasteiger partial charge in [-0.3, -0.25) is 9.59 Å². The molecule has 0 aromatic heterocycles. The van der Waals surface area contributed by atoms with Crippen molar-refractivity contribution in [2.75, 3.05) is 5.32 Å². The number of nitrogens with one attached hydrogen (secondary N) is 1. The van der Waals surface area contributed by atoms with Crippen LogP contribution in [0.5, 0.6) is 5.75 Å². The third-order valence-electron chi connectivity index (χ3n) is 6.33. The highest BCUT2D eigenvalue weighted by Gasteiger charge is 2.23. The Kier molecular flexibility index (Phi) is 8.67. The maximum atomic E-state index is 14.5. The number of hydrogen-bond donors (Lipinski definition) is 1. The van der Waals surface area contributed by atoms with E-state index in [2.05, 4.69) is 19.2 Å². The number of hydrogen-bond acceptors (Lipinski definition) is 3. The average Bonchev–Trinajstić information content (AvgIpc) is 2.90. The summed E-state index contributed by atoms with van der Waals surface area (Å²) in [5, 5.41) is 2.33. The van der Waals surface area contributed by atoms with Gasteiger partial charge in [0.2, 0.25) is 0 Å². The van der Waals surface area contributed by atoms with Crippen LogP contribution in [0.4, 0.5) is 23.2 Å². The molecule has 206 valence electrons. The number of benzene rings is 4. The molecule has 4 nitrogen and oxygen atoms in total. The van der Waals surface area contributed by atoms with Gasteiger partial charge in [-0.1, -0.05) is 44.2 Å². The molecule has 0 fully saturated rings. The predicted molar refractivity (Wildman–Crippen MR) is 145 cm³/mol. The van der Waals surface area contributed by atoms with Gasteiger partial charge in [0.15, 0.2) is 0 Å². The highest BCUT2D eigenvalue weighted by molar-refractivity contribution is 6.07. The molecule has 40 heavy (non-hydrogen) atoms. The summed E-state index contributed by atoms with van der Waals surface area (Å²) in [7, 11) is 0. The number of carbonyl (C=O) groups is 2. The maximum absolute atomic E-state index is 14.5. The Labute approximate surface area is 229 Å². The average molecular weight is 550 g/mol. The molecule has 0 bridgehead atoms. The normalized spacial score (nSPS) is 11.8. The maximum Gasteiger partial charge on any atom is 0.318 e. The molecule has 0 radical (unpaired) electrons. The lowest BCUT2D eigenvalue weighted by atomic mass is 9.97. The van der Waals surface area contributed by atoms with Gasteiger partial charge in [-0.05, 0) is 72.4 Å². The van der Waals surface area contributed by atoms with Gasteiger partial charge < -0.3 is 10.1 Å². The van der Waals surface area contributed by atoms with Crippen LogP contribution in [-0.4, -0.2) is 11.9 Å². The third-order valence-corrected chi connectivity index (χ3v) is 6.33. The summed E-state index contributed by atoms with van der Waals surface area (Å²) >= 11 is 0. The molecule has 0 saturated carbocycles. The highest BCUT2D eigenvalue weighted by atomic mass is 19.1. The van der Waals surface area contributed by atoms with E-state index in [0.717, 1.165) is 30.2 Å². The number of halogens is 4. The summed E-state index contributed by atoms with van der Waals surface area (Å²) < 4.78 is 61.1. The first-order chi connectivity index (χ1) is 19.0. The van der Waals surface area contributed by atoms with Crippen molar-refractivity contribution in [3.63, 3.8) is 0 Å². The molecular weight excluding hydrogens is 522 g/mol. The Morgan fingerprint density at radius 1 is 0.775 bits per heavy atom. The molecule has 0 aliphatic carbocycles. The molecule has 1 amide bonds. The van der Waals surface area contributed by atoms with Gasteiger partial charge in [-0.25, -0.2) is 17.6 Å². The van der Waals surface area contributed by atoms with Gasteiger partial charge >= 0.3 is 5.97 Å². The molecule has 4 aromatic carbocycles. The van der Waals surface area contributed by atoms with Crippen molar-refractivity contribution >= 4 is 17.6 Å². The summed E-state index contributed by atoms with van der Waals surface area (Å²) in [5.74, 6) is -5.38. The van der Waals surface area contributed by atoms with Crippen LogP contribution in [0.25, 0.3) is 11.1 Å². The summed E-state index contributed by atoms with van der Waals surface area (Å²) in [6.45, 7) is 5.89. The van der Waals surface area contributed by atoms with Crippen LogP contribution in [0.15, 0.2) is 78.9 Å². The Morgan fingerprint density at radius 2 is 1.43 bits per heavy atom. The van der Waals surface area contributed by atoms with E-state index >= 15 is 0 Å². The van der Waals surface area contributed by atoms with E-state index in [-0.39, 0.29) is 28.1 Å². The molecule has 0 aliphatic rings. The fraction of sp³-hybridized carbons (Fsp3) is 0.188. The minimum absolute atomic E-state index is 0.00357. The second kappa shape index (κ2) is 12.2. The molecule has 1 atom stereocenters. The van der Waals surface area contributed by atoms with Crippen molar-refractivity contribution in [2.45, 2.75) is 33.1 Å². The lowest BCUT2D eigenvalue weighted by Crippen LogP contribution is -2.20.